The Balaban J connectivity index is 0.000000918. The highest BCUT2D eigenvalue weighted by atomic mass is 32.1. The van der Waals surface area contributed by atoms with Crippen LogP contribution in [0, 0.1) is 0 Å². The third-order valence-electron chi connectivity index (χ3n) is 5.26. The van der Waals surface area contributed by atoms with E-state index in [0.29, 0.717) is 6.61 Å². The van der Waals surface area contributed by atoms with Crippen molar-refractivity contribution < 1.29 is 44.3 Å². The summed E-state index contributed by atoms with van der Waals surface area (Å²) in [6.07, 6.45) is 6.66. The molecular weight excluding hydrogens is 578 g/mol. The number of carboxylic acid groups (broad SMARTS) is 4. The summed E-state index contributed by atoms with van der Waals surface area (Å²) in [7, 11) is 0. The van der Waals surface area contributed by atoms with Gasteiger partial charge in [0, 0.05) is 25.2 Å². The molecule has 1 aliphatic rings. The first-order valence-corrected chi connectivity index (χ1v) is 14.0. The summed E-state index contributed by atoms with van der Waals surface area (Å²) in [6, 6.07) is 16.8. The smallest absolute Gasteiger partial charge is 0.327 e. The zero-order valence-electron chi connectivity index (χ0n) is 23.8. The Morgan fingerprint density at radius 1 is 0.953 bits per heavy atom. The van der Waals surface area contributed by atoms with Gasteiger partial charge in [0.2, 0.25) is 0 Å². The lowest BCUT2D eigenvalue weighted by molar-refractivity contribution is -0.132. The molecule has 13 heteroatoms. The van der Waals surface area contributed by atoms with Gasteiger partial charge in [-0.3, -0.25) is 14.5 Å². The molecule has 5 N–H and O–H groups in total. The van der Waals surface area contributed by atoms with Crippen molar-refractivity contribution in [3.63, 3.8) is 0 Å². The van der Waals surface area contributed by atoms with Crippen molar-refractivity contribution in [2.24, 2.45) is 0 Å². The van der Waals surface area contributed by atoms with Crippen LogP contribution in [-0.2, 0) is 25.7 Å². The molecule has 0 amide bonds. The van der Waals surface area contributed by atoms with Crippen LogP contribution in [0.25, 0.3) is 10.2 Å². The van der Waals surface area contributed by atoms with Crippen LogP contribution in [0.3, 0.4) is 0 Å². The van der Waals surface area contributed by atoms with Crippen molar-refractivity contribution in [1.82, 2.24) is 9.88 Å². The fourth-order valence-corrected chi connectivity index (χ4v) is 4.41. The number of anilines is 1. The lowest BCUT2D eigenvalue weighted by Crippen LogP contribution is -2.29. The molecule has 0 radical (unpaired) electrons. The molecule has 0 saturated carbocycles. The van der Waals surface area contributed by atoms with Crippen LogP contribution in [0.5, 0.6) is 5.75 Å². The monoisotopic (exact) mass is 617 g/mol. The van der Waals surface area contributed by atoms with Crippen LogP contribution in [0.1, 0.15) is 31.2 Å². The number of nitrogens with one attached hydrogen (secondary N) is 1. The number of nitrogens with zero attached hydrogens (tertiary/aromatic N) is 2. The van der Waals surface area contributed by atoms with E-state index in [1.165, 1.54) is 42.6 Å². The summed E-state index contributed by atoms with van der Waals surface area (Å²) in [5.41, 5.74) is 2.41. The highest BCUT2D eigenvalue weighted by molar-refractivity contribution is 7.22. The van der Waals surface area contributed by atoms with Gasteiger partial charge in [0.1, 0.15) is 5.75 Å². The van der Waals surface area contributed by atoms with E-state index in [-0.39, 0.29) is 12.9 Å². The molecule has 0 aliphatic carbocycles. The van der Waals surface area contributed by atoms with Crippen LogP contribution in [0.15, 0.2) is 73.8 Å². The summed E-state index contributed by atoms with van der Waals surface area (Å²) in [4.78, 5) is 42.4. The van der Waals surface area contributed by atoms with Crippen molar-refractivity contribution in [2.45, 2.75) is 32.2 Å². The number of carboxylic acids is 2. The number of fused-ring (bicyclic) bond motifs is 1. The SMILES string of the molecule is C=CC(=O)O.C=CC(=O)O.O=CO.O=CO.c1cc(CN2CCCCC2)cc(OCCCNc2nc3ccccc3s2)c1. The Kier molecular flexibility index (Phi) is 22.2. The third kappa shape index (κ3) is 19.9. The molecule has 1 aromatic heterocycles. The number of likely N-dealkylation sites (tertiary alicyclic amines) is 1. The van der Waals surface area contributed by atoms with E-state index in [9.17, 15) is 9.59 Å². The van der Waals surface area contributed by atoms with Crippen molar-refractivity contribution in [2.75, 3.05) is 31.6 Å². The predicted octanol–water partition coefficient (Wildman–Crippen LogP) is 5.08. The Bertz CT molecular complexity index is 1190. The van der Waals surface area contributed by atoms with E-state index in [0.717, 1.165) is 48.1 Å². The molecule has 1 saturated heterocycles. The van der Waals surface area contributed by atoms with Gasteiger partial charge in [-0.2, -0.15) is 0 Å². The number of hydrogen-bond acceptors (Lipinski definition) is 9. The minimum Gasteiger partial charge on any atom is -0.494 e. The average molecular weight is 618 g/mol. The lowest BCUT2D eigenvalue weighted by Gasteiger charge is -2.26. The van der Waals surface area contributed by atoms with E-state index < -0.39 is 11.9 Å². The molecule has 234 valence electrons. The molecule has 0 bridgehead atoms. The summed E-state index contributed by atoms with van der Waals surface area (Å²) in [5.74, 6) is -0.987. The third-order valence-corrected chi connectivity index (χ3v) is 6.26. The molecule has 3 aromatic rings. The number of para-hydroxylation sites is 1. The van der Waals surface area contributed by atoms with Gasteiger partial charge >= 0.3 is 11.9 Å². The number of piperidine rings is 1. The van der Waals surface area contributed by atoms with Gasteiger partial charge in [-0.05, 0) is 62.2 Å². The largest absolute Gasteiger partial charge is 0.494 e. The molecule has 0 spiro atoms. The van der Waals surface area contributed by atoms with E-state index >= 15 is 0 Å². The van der Waals surface area contributed by atoms with Crippen molar-refractivity contribution in [3.05, 3.63) is 79.4 Å². The number of thiazole rings is 1. The minimum absolute atomic E-state index is 0.250. The van der Waals surface area contributed by atoms with Gasteiger partial charge in [-0.25, -0.2) is 14.6 Å². The second-order valence-electron chi connectivity index (χ2n) is 8.40. The first kappa shape index (κ1) is 38.2. The highest BCUT2D eigenvalue weighted by Crippen LogP contribution is 2.25. The molecule has 1 fully saturated rings. The standard InChI is InChI=1S/C22H27N3OS.2C3H4O2.2CH2O2/c1-4-13-25(14-5-1)17-18-8-6-9-19(16-18)26-15-7-12-23-22-24-20-10-2-3-11-21(20)27-22;2*1-2-3(4)5;2*2-1-3/h2-3,6,8-11,16H,1,4-5,7,12-15,17H2,(H,23,24);2*2H,1H2,(H,4,5);2*1H,(H,2,3). The first-order chi connectivity index (χ1) is 20.7. The molecule has 2 aromatic carbocycles. The van der Waals surface area contributed by atoms with Gasteiger partial charge in [0.25, 0.3) is 12.9 Å². The van der Waals surface area contributed by atoms with Crippen LogP contribution >= 0.6 is 11.3 Å². The Morgan fingerprint density at radius 2 is 1.53 bits per heavy atom. The fourth-order valence-electron chi connectivity index (χ4n) is 3.51. The summed E-state index contributed by atoms with van der Waals surface area (Å²) < 4.78 is 7.18. The van der Waals surface area contributed by atoms with Crippen LogP contribution in [-0.4, -0.2) is 81.4 Å². The van der Waals surface area contributed by atoms with Crippen LogP contribution in [0.2, 0.25) is 0 Å². The molecule has 0 unspecified atom stereocenters. The number of aromatic nitrogens is 1. The van der Waals surface area contributed by atoms with Gasteiger partial charge in [0.05, 0.1) is 16.8 Å². The molecule has 1 aliphatic heterocycles. The molecule has 12 nitrogen and oxygen atoms in total. The van der Waals surface area contributed by atoms with Gasteiger partial charge < -0.3 is 30.5 Å². The number of benzene rings is 2. The van der Waals surface area contributed by atoms with Crippen molar-refractivity contribution in [3.8, 4) is 5.75 Å². The van der Waals surface area contributed by atoms with E-state index in [1.54, 1.807) is 11.3 Å². The second kappa shape index (κ2) is 25.0. The van der Waals surface area contributed by atoms with Gasteiger partial charge in [-0.1, -0.05) is 55.2 Å². The quantitative estimate of drug-likeness (QED) is 0.116. The Morgan fingerprint density at radius 3 is 2.09 bits per heavy atom. The van der Waals surface area contributed by atoms with E-state index in [1.807, 2.05) is 6.07 Å². The van der Waals surface area contributed by atoms with E-state index in [4.69, 9.17) is 34.8 Å². The molecule has 0 atom stereocenters. The molecular formula is C30H39N3O9S. The number of rotatable bonds is 10. The zero-order valence-corrected chi connectivity index (χ0v) is 24.7. The van der Waals surface area contributed by atoms with Gasteiger partial charge in [0.15, 0.2) is 5.13 Å². The fraction of sp³-hybridized carbons (Fsp3) is 0.300. The highest BCUT2D eigenvalue weighted by Gasteiger charge is 2.10. The van der Waals surface area contributed by atoms with E-state index in [2.05, 4.69) is 70.8 Å². The topological polar surface area (TPSA) is 187 Å². The van der Waals surface area contributed by atoms with Gasteiger partial charge in [-0.15, -0.1) is 0 Å². The van der Waals surface area contributed by atoms with Crippen LogP contribution in [0.4, 0.5) is 5.13 Å². The zero-order chi connectivity index (χ0) is 32.3. The number of ether oxygens (including phenoxy) is 1. The molecule has 43 heavy (non-hydrogen) atoms. The lowest BCUT2D eigenvalue weighted by atomic mass is 10.1. The molecule has 2 heterocycles. The first-order valence-electron chi connectivity index (χ1n) is 13.1. The summed E-state index contributed by atoms with van der Waals surface area (Å²) in [6.45, 7) is 10.5. The number of aliphatic carboxylic acids is 2. The predicted molar refractivity (Wildman–Crippen MR) is 167 cm³/mol. The van der Waals surface area contributed by atoms with Crippen LogP contribution < -0.4 is 10.1 Å². The second-order valence-corrected chi connectivity index (χ2v) is 9.43. The Hall–Kier alpha value is -4.75. The van der Waals surface area contributed by atoms with Crippen molar-refractivity contribution in [1.29, 1.82) is 0 Å². The van der Waals surface area contributed by atoms with Crippen molar-refractivity contribution >= 4 is 51.6 Å². The maximum Gasteiger partial charge on any atom is 0.327 e. The average Bonchev–Trinajstić information content (AvgIpc) is 3.42. The number of carbonyl (C=O) groups is 4. The molecule has 4 rings (SSSR count). The maximum absolute atomic E-state index is 9.25. The normalized spacial score (nSPS) is 11.5. The summed E-state index contributed by atoms with van der Waals surface area (Å²) in [5, 5.41) is 33.4. The maximum atomic E-state index is 9.25. The number of hydrogen-bond donors (Lipinski definition) is 5. The summed E-state index contributed by atoms with van der Waals surface area (Å²) >= 11 is 1.70. The minimum atomic E-state index is -0.981. The Labute approximate surface area is 254 Å².